The maximum absolute atomic E-state index is 15.7. The number of aliphatic imine (C=N–C) groups is 1. The van der Waals surface area contributed by atoms with Gasteiger partial charge in [-0.05, 0) is 131 Å². The first-order valence-electron chi connectivity index (χ1n) is 25.9. The molecule has 3 aromatic rings. The van der Waals surface area contributed by atoms with E-state index in [4.69, 9.17) is 52.7 Å². The van der Waals surface area contributed by atoms with Gasteiger partial charge in [-0.3, -0.25) is 4.79 Å². The second kappa shape index (κ2) is 18.1. The topological polar surface area (TPSA) is 218 Å². The molecule has 2 aromatic carbocycles. The van der Waals surface area contributed by atoms with Crippen molar-refractivity contribution in [3.8, 4) is 23.0 Å². The highest BCUT2D eigenvalue weighted by Crippen LogP contribution is 2.73. The van der Waals surface area contributed by atoms with Gasteiger partial charge in [0.05, 0.1) is 53.7 Å². The Morgan fingerprint density at radius 2 is 1.69 bits per heavy atom. The molecule has 398 valence electrons. The smallest absolute Gasteiger partial charge is 0.343 e. The highest BCUT2D eigenvalue weighted by molar-refractivity contribution is 6.14. The van der Waals surface area contributed by atoms with Gasteiger partial charge in [0.25, 0.3) is 5.95 Å². The van der Waals surface area contributed by atoms with Crippen molar-refractivity contribution in [3.05, 3.63) is 93.9 Å². The molecule has 12 atom stereocenters. The Bertz CT molecular complexity index is 3030. The van der Waals surface area contributed by atoms with E-state index < -0.39 is 88.7 Å². The predicted molar refractivity (Wildman–Crippen MR) is 271 cm³/mol. The van der Waals surface area contributed by atoms with Crippen LogP contribution in [0.1, 0.15) is 128 Å². The van der Waals surface area contributed by atoms with Crippen molar-refractivity contribution in [1.29, 1.82) is 0 Å². The maximum atomic E-state index is 15.7. The zero-order valence-electron chi connectivity index (χ0n) is 44.3. The highest BCUT2D eigenvalue weighted by Gasteiger charge is 2.85. The molecule has 18 heteroatoms. The van der Waals surface area contributed by atoms with Crippen LogP contribution in [0.4, 0.5) is 5.95 Å². The summed E-state index contributed by atoms with van der Waals surface area (Å²) in [5.41, 5.74) is -0.0411. The van der Waals surface area contributed by atoms with Crippen LogP contribution < -0.4 is 18.9 Å². The van der Waals surface area contributed by atoms with Gasteiger partial charge in [0, 0.05) is 29.4 Å². The van der Waals surface area contributed by atoms with Gasteiger partial charge in [0.2, 0.25) is 6.29 Å². The number of ether oxygens (including phenoxy) is 9. The normalized spacial score (nSPS) is 33.7. The largest absolute Gasteiger partial charge is 0.482 e. The molecule has 5 unspecified atom stereocenters. The van der Waals surface area contributed by atoms with Crippen LogP contribution in [0.25, 0.3) is 6.08 Å². The third-order valence-electron chi connectivity index (χ3n) is 16.4. The number of Topliss-reactive ketones (excluding diaryl/α,β-unsaturated/α-hetero) is 1. The minimum atomic E-state index is -1.62. The average molecular weight is 1030 g/mol. The molecule has 3 saturated heterocycles. The van der Waals surface area contributed by atoms with Gasteiger partial charge in [-0.2, -0.15) is 4.98 Å². The van der Waals surface area contributed by atoms with E-state index in [1.807, 2.05) is 46.8 Å². The summed E-state index contributed by atoms with van der Waals surface area (Å²) in [6, 6.07) is 5.55. The number of hydrogen-bond donors (Lipinski definition) is 2. The number of fused-ring (bicyclic) bond motifs is 6. The summed E-state index contributed by atoms with van der Waals surface area (Å²) in [5.74, 6) is -2.78. The standard InChI is InChI=1S/C57H66N4O14/c1-28(2)13-12-22-55(10)23-21-34-44(73-55)33(19-14-29(3)4)46-38(45(34)71-50(66)31-15-17-32(18-16-31)69-51-43(63)42(62)47-36(70-51)26-68-54(8,9)72-47)40-39-41(61-27-58-52(59-40)60-61)35-25-37-53(6,7)75-56(48(35)64,57(37,39)74-46)24-20-30(5)49(65)67-11/h13-18,20-21,23,27,35-37,39,41-43,47,51,62-63H,12,19,22,24-26H2,1-11H3/t35-,36+,37+,39?,41?,42+,43+,47+,51+,55?,56?,57?/m0/s1. The molecule has 1 spiro atoms. The first-order chi connectivity index (χ1) is 35.5. The Morgan fingerprint density at radius 1 is 0.947 bits per heavy atom. The van der Waals surface area contributed by atoms with Crippen LogP contribution in [0, 0.1) is 17.8 Å². The average Bonchev–Trinajstić information content (AvgIpc) is 3.82. The second-order valence-electron chi connectivity index (χ2n) is 22.9. The highest BCUT2D eigenvalue weighted by atomic mass is 16.8. The quantitative estimate of drug-likeness (QED) is 0.0773. The summed E-state index contributed by atoms with van der Waals surface area (Å²) in [6.45, 7) is 19.4. The van der Waals surface area contributed by atoms with Gasteiger partial charge in [-0.1, -0.05) is 29.4 Å². The molecule has 3 saturated carbocycles. The fraction of sp³-hybridized carbons (Fsp3) is 0.544. The summed E-state index contributed by atoms with van der Waals surface area (Å²) in [5, 5.41) is 26.9. The van der Waals surface area contributed by atoms with E-state index in [1.54, 1.807) is 50.0 Å². The van der Waals surface area contributed by atoms with Gasteiger partial charge in [0.1, 0.15) is 53.6 Å². The number of carbonyl (C=O) groups excluding carboxylic acids is 3. The lowest BCUT2D eigenvalue weighted by molar-refractivity contribution is -0.373. The minimum Gasteiger partial charge on any atom is -0.482 e. The van der Waals surface area contributed by atoms with Crippen molar-refractivity contribution in [2.45, 2.75) is 166 Å². The third-order valence-corrected chi connectivity index (χ3v) is 16.4. The number of aliphatic hydroxyl groups excluding tert-OH is 2. The third kappa shape index (κ3) is 8.11. The van der Waals surface area contributed by atoms with Crippen LogP contribution in [0.3, 0.4) is 0 Å². The lowest BCUT2D eigenvalue weighted by Gasteiger charge is -2.63. The number of allylic oxidation sites excluding steroid dienone is 4. The number of ketones is 1. The summed E-state index contributed by atoms with van der Waals surface area (Å²) in [7, 11) is 1.32. The number of aromatic nitrogens is 3. The second-order valence-corrected chi connectivity index (χ2v) is 22.9. The van der Waals surface area contributed by atoms with E-state index in [9.17, 15) is 19.8 Å². The van der Waals surface area contributed by atoms with Crippen LogP contribution in [-0.2, 0) is 39.7 Å². The molecule has 6 aliphatic heterocycles. The molecule has 7 heterocycles. The Kier molecular flexibility index (Phi) is 12.3. The number of methoxy groups -OCH3 is 1. The Hall–Kier alpha value is -6.02. The Balaban J connectivity index is 1.06. The van der Waals surface area contributed by atoms with E-state index >= 15 is 4.79 Å². The molecule has 1 aromatic heterocycles. The molecule has 6 bridgehead atoms. The van der Waals surface area contributed by atoms with Crippen molar-refractivity contribution >= 4 is 35.5 Å². The SMILES string of the molecule is COC(=O)C(C)=CCC12OC(C)(C)[C@H]3C[C@H](C1=O)C1C4C(=Nc5ncn1n5)c1c(OC(=O)c5ccc(O[C@@H]6O[C@@H]7COC(C)(C)O[C@H]7[C@H](O)[C@H]6O)cc5)c5c(c(CC=C(C)C)c1OC432)OC(C)(CCC=C(C)C)C=C5. The van der Waals surface area contributed by atoms with Crippen molar-refractivity contribution in [2.24, 2.45) is 22.7 Å². The fourth-order valence-electron chi connectivity index (χ4n) is 12.9. The number of esters is 2. The molecule has 12 rings (SSSR count). The van der Waals surface area contributed by atoms with E-state index in [-0.39, 0.29) is 47.7 Å². The summed E-state index contributed by atoms with van der Waals surface area (Å²) >= 11 is 0. The molecule has 9 aliphatic rings. The molecular formula is C57H66N4O14. The van der Waals surface area contributed by atoms with Gasteiger partial charge in [-0.15, -0.1) is 5.10 Å². The maximum Gasteiger partial charge on any atom is 0.343 e. The Labute approximate surface area is 435 Å². The van der Waals surface area contributed by atoms with Gasteiger partial charge in [-0.25, -0.2) is 19.3 Å². The van der Waals surface area contributed by atoms with E-state index in [0.717, 1.165) is 12.0 Å². The molecule has 0 radical (unpaired) electrons. The van der Waals surface area contributed by atoms with Gasteiger partial charge in [0.15, 0.2) is 28.5 Å². The van der Waals surface area contributed by atoms with Crippen LogP contribution in [0.15, 0.2) is 76.6 Å². The fourth-order valence-corrected chi connectivity index (χ4v) is 12.9. The molecule has 6 fully saturated rings. The summed E-state index contributed by atoms with van der Waals surface area (Å²) in [4.78, 5) is 53.4. The molecule has 2 N–H and O–H groups in total. The zero-order valence-corrected chi connectivity index (χ0v) is 44.3. The predicted octanol–water partition coefficient (Wildman–Crippen LogP) is 7.59. The minimum absolute atomic E-state index is 0.00297. The van der Waals surface area contributed by atoms with Crippen molar-refractivity contribution in [2.75, 3.05) is 13.7 Å². The summed E-state index contributed by atoms with van der Waals surface area (Å²) < 4.78 is 59.6. The van der Waals surface area contributed by atoms with Crippen LogP contribution in [0.2, 0.25) is 0 Å². The molecular weight excluding hydrogens is 965 g/mol. The first kappa shape index (κ1) is 51.1. The lowest BCUT2D eigenvalue weighted by atomic mass is 9.44. The molecule has 18 nitrogen and oxygen atoms in total. The van der Waals surface area contributed by atoms with Crippen LogP contribution in [0.5, 0.6) is 23.0 Å². The van der Waals surface area contributed by atoms with Gasteiger partial charge < -0.3 is 52.8 Å². The number of rotatable bonds is 12. The molecule has 75 heavy (non-hydrogen) atoms. The summed E-state index contributed by atoms with van der Waals surface area (Å²) in [6.07, 6.45) is 8.05. The van der Waals surface area contributed by atoms with E-state index in [2.05, 4.69) is 31.0 Å². The van der Waals surface area contributed by atoms with E-state index in [1.165, 1.54) is 24.8 Å². The van der Waals surface area contributed by atoms with Crippen LogP contribution >= 0.6 is 0 Å². The molecule has 0 amide bonds. The number of nitrogens with zero attached hydrogens (tertiary/aromatic N) is 4. The number of aliphatic hydroxyl groups is 2. The van der Waals surface area contributed by atoms with Crippen molar-refractivity contribution in [3.63, 3.8) is 0 Å². The number of hydrogen-bond acceptors (Lipinski definition) is 17. The molecule has 3 aliphatic carbocycles. The van der Waals surface area contributed by atoms with Crippen molar-refractivity contribution < 1.29 is 67.2 Å². The first-order valence-corrected chi connectivity index (χ1v) is 25.9. The lowest BCUT2D eigenvalue weighted by Crippen LogP contribution is -2.78. The number of carbonyl (C=O) groups is 3. The van der Waals surface area contributed by atoms with E-state index in [0.29, 0.717) is 58.7 Å². The van der Waals surface area contributed by atoms with Crippen molar-refractivity contribution in [1.82, 2.24) is 14.8 Å². The monoisotopic (exact) mass is 1030 g/mol. The Morgan fingerprint density at radius 3 is 2.41 bits per heavy atom. The zero-order chi connectivity index (χ0) is 53.3. The number of benzene rings is 2. The van der Waals surface area contributed by atoms with Crippen LogP contribution in [-0.4, -0.2) is 121 Å². The van der Waals surface area contributed by atoms with Gasteiger partial charge >= 0.3 is 11.9 Å².